The summed E-state index contributed by atoms with van der Waals surface area (Å²) in [6, 6.07) is 5.16. The lowest BCUT2D eigenvalue weighted by atomic mass is 9.87. The molecule has 0 atom stereocenters. The highest BCUT2D eigenvalue weighted by atomic mass is 32.2. The molecule has 0 radical (unpaired) electrons. The van der Waals surface area contributed by atoms with Gasteiger partial charge in [0.25, 0.3) is 0 Å². The van der Waals surface area contributed by atoms with Gasteiger partial charge in [-0.15, -0.1) is 0 Å². The van der Waals surface area contributed by atoms with Crippen LogP contribution in [0.2, 0.25) is 0 Å². The molecule has 0 aliphatic carbocycles. The van der Waals surface area contributed by atoms with Crippen LogP contribution in [-0.2, 0) is 5.41 Å². The Morgan fingerprint density at radius 2 is 2.00 bits per heavy atom. The first-order valence-corrected chi connectivity index (χ1v) is 5.16. The first kappa shape index (κ1) is 10.9. The van der Waals surface area contributed by atoms with Crippen LogP contribution in [0.5, 0.6) is 5.75 Å². The first-order valence-electron chi connectivity index (χ1n) is 4.34. The van der Waals surface area contributed by atoms with Crippen LogP contribution in [0.3, 0.4) is 0 Å². The van der Waals surface area contributed by atoms with Crippen molar-refractivity contribution in [2.45, 2.75) is 31.1 Å². The summed E-state index contributed by atoms with van der Waals surface area (Å²) in [6.07, 6.45) is 0. The van der Waals surface area contributed by atoms with Gasteiger partial charge in [0.1, 0.15) is 11.2 Å². The van der Waals surface area contributed by atoms with Crippen molar-refractivity contribution in [3.63, 3.8) is 0 Å². The predicted molar refractivity (Wildman–Crippen MR) is 58.3 cm³/mol. The van der Waals surface area contributed by atoms with Gasteiger partial charge in [0, 0.05) is 4.90 Å². The van der Waals surface area contributed by atoms with Crippen molar-refractivity contribution in [2.75, 3.05) is 0 Å². The van der Waals surface area contributed by atoms with Crippen LogP contribution in [0.25, 0.3) is 0 Å². The quantitative estimate of drug-likeness (QED) is 0.568. The minimum absolute atomic E-state index is 0.00706. The Labute approximate surface area is 88.6 Å². The summed E-state index contributed by atoms with van der Waals surface area (Å²) in [7, 11) is 0. The summed E-state index contributed by atoms with van der Waals surface area (Å²) in [5, 5.41) is 20.0. The van der Waals surface area contributed by atoms with E-state index in [0.717, 1.165) is 22.2 Å². The van der Waals surface area contributed by atoms with Crippen LogP contribution >= 0.6 is 11.8 Å². The van der Waals surface area contributed by atoms with Crippen LogP contribution in [0.4, 0.5) is 0 Å². The number of nitriles is 1. The molecule has 0 saturated carbocycles. The molecular weight excluding hydrogens is 194 g/mol. The van der Waals surface area contributed by atoms with Crippen molar-refractivity contribution in [1.82, 2.24) is 0 Å². The fourth-order valence-corrected chi connectivity index (χ4v) is 2.03. The van der Waals surface area contributed by atoms with Crippen molar-refractivity contribution >= 4 is 11.8 Å². The van der Waals surface area contributed by atoms with Gasteiger partial charge in [-0.3, -0.25) is 0 Å². The molecule has 1 rings (SSSR count). The van der Waals surface area contributed by atoms with E-state index >= 15 is 0 Å². The van der Waals surface area contributed by atoms with E-state index in [9.17, 15) is 5.11 Å². The number of phenolic OH excluding ortho intramolecular Hbond substituents is 1. The number of phenols is 1. The number of thioether (sulfide) groups is 1. The summed E-state index contributed by atoms with van der Waals surface area (Å²) in [4.78, 5) is 0.833. The number of benzene rings is 1. The van der Waals surface area contributed by atoms with Gasteiger partial charge in [-0.05, 0) is 34.9 Å². The molecule has 1 N–H and O–H groups in total. The molecule has 0 amide bonds. The number of rotatable bonds is 1. The molecule has 0 bridgehead atoms. The Morgan fingerprint density at radius 1 is 1.36 bits per heavy atom. The van der Waals surface area contributed by atoms with Crippen molar-refractivity contribution in [1.29, 1.82) is 5.26 Å². The molecule has 0 aliphatic rings. The van der Waals surface area contributed by atoms with Crippen LogP contribution in [0.15, 0.2) is 23.1 Å². The Bertz CT molecular complexity index is 374. The normalized spacial score (nSPS) is 11.0. The maximum atomic E-state index is 9.31. The van der Waals surface area contributed by atoms with Crippen LogP contribution in [-0.4, -0.2) is 5.11 Å². The summed E-state index contributed by atoms with van der Waals surface area (Å²) in [5.74, 6) is 0.204. The topological polar surface area (TPSA) is 44.0 Å². The molecule has 0 unspecified atom stereocenters. The highest BCUT2D eigenvalue weighted by molar-refractivity contribution is 8.03. The van der Waals surface area contributed by atoms with E-state index in [2.05, 4.69) is 20.8 Å². The van der Waals surface area contributed by atoms with Gasteiger partial charge in [0.2, 0.25) is 0 Å². The number of nitrogens with zero attached hydrogens (tertiary/aromatic N) is 1. The lowest BCUT2D eigenvalue weighted by Gasteiger charge is -2.21. The maximum Gasteiger partial charge on any atom is 0.138 e. The van der Waals surface area contributed by atoms with Gasteiger partial charge in [-0.2, -0.15) is 5.26 Å². The van der Waals surface area contributed by atoms with Gasteiger partial charge in [-0.25, -0.2) is 0 Å². The van der Waals surface area contributed by atoms with E-state index < -0.39 is 0 Å². The third-order valence-corrected chi connectivity index (χ3v) is 2.58. The van der Waals surface area contributed by atoms with E-state index in [1.807, 2.05) is 11.5 Å². The lowest BCUT2D eigenvalue weighted by molar-refractivity contribution is 0.471. The SMILES string of the molecule is CC(C)(C)c1ccc(O)cc1SC#N. The monoisotopic (exact) mass is 207 g/mol. The molecule has 0 aliphatic heterocycles. The van der Waals surface area contributed by atoms with E-state index in [1.54, 1.807) is 12.1 Å². The van der Waals surface area contributed by atoms with Crippen LogP contribution < -0.4 is 0 Å². The van der Waals surface area contributed by atoms with Gasteiger partial charge in [0.05, 0.1) is 0 Å². The highest BCUT2D eigenvalue weighted by Gasteiger charge is 2.18. The molecule has 0 fully saturated rings. The number of hydrogen-bond acceptors (Lipinski definition) is 3. The minimum atomic E-state index is -0.00706. The van der Waals surface area contributed by atoms with Crippen molar-refractivity contribution in [2.24, 2.45) is 0 Å². The zero-order valence-corrected chi connectivity index (χ0v) is 9.35. The first-order chi connectivity index (χ1) is 6.45. The summed E-state index contributed by atoms with van der Waals surface area (Å²) in [5.41, 5.74) is 1.08. The Kier molecular flexibility index (Phi) is 3.07. The number of thiocyanates is 1. The molecule has 14 heavy (non-hydrogen) atoms. The summed E-state index contributed by atoms with van der Waals surface area (Å²) in [6.45, 7) is 6.25. The van der Waals surface area contributed by atoms with E-state index in [4.69, 9.17) is 5.26 Å². The summed E-state index contributed by atoms with van der Waals surface area (Å²) < 4.78 is 0. The predicted octanol–water partition coefficient (Wildman–Crippen LogP) is 3.26. The second-order valence-corrected chi connectivity index (χ2v) is 4.95. The Morgan fingerprint density at radius 3 is 2.50 bits per heavy atom. The Balaban J connectivity index is 3.23. The largest absolute Gasteiger partial charge is 0.508 e. The lowest BCUT2D eigenvalue weighted by Crippen LogP contribution is -2.12. The van der Waals surface area contributed by atoms with Gasteiger partial charge < -0.3 is 5.11 Å². The van der Waals surface area contributed by atoms with Crippen molar-refractivity contribution in [3.05, 3.63) is 23.8 Å². The van der Waals surface area contributed by atoms with E-state index in [0.29, 0.717) is 0 Å². The minimum Gasteiger partial charge on any atom is -0.508 e. The molecule has 0 spiro atoms. The van der Waals surface area contributed by atoms with E-state index in [1.165, 1.54) is 0 Å². The fraction of sp³-hybridized carbons (Fsp3) is 0.364. The molecule has 2 nitrogen and oxygen atoms in total. The third-order valence-electron chi connectivity index (χ3n) is 1.93. The molecule has 1 aromatic rings. The smallest absolute Gasteiger partial charge is 0.138 e. The van der Waals surface area contributed by atoms with Gasteiger partial charge in [0.15, 0.2) is 0 Å². The number of aromatic hydroxyl groups is 1. The van der Waals surface area contributed by atoms with Crippen molar-refractivity contribution in [3.8, 4) is 11.2 Å². The van der Waals surface area contributed by atoms with E-state index in [-0.39, 0.29) is 11.2 Å². The maximum absolute atomic E-state index is 9.31. The standard InChI is InChI=1S/C11H13NOS/c1-11(2,3)9-5-4-8(13)6-10(9)14-7-12/h4-6,13H,1-3H3. The third kappa shape index (κ3) is 2.43. The molecular formula is C11H13NOS. The second-order valence-electron chi connectivity index (χ2n) is 4.12. The molecule has 0 saturated heterocycles. The molecule has 0 aromatic heterocycles. The molecule has 74 valence electrons. The average Bonchev–Trinajstić information content (AvgIpc) is 2.02. The zero-order chi connectivity index (χ0) is 10.8. The average molecular weight is 207 g/mol. The van der Waals surface area contributed by atoms with Crippen molar-refractivity contribution < 1.29 is 5.11 Å². The van der Waals surface area contributed by atoms with Crippen LogP contribution in [0, 0.1) is 10.7 Å². The summed E-state index contributed by atoms with van der Waals surface area (Å²) >= 11 is 1.09. The molecule has 0 heterocycles. The highest BCUT2D eigenvalue weighted by Crippen LogP contribution is 2.34. The zero-order valence-electron chi connectivity index (χ0n) is 8.53. The molecule has 1 aromatic carbocycles. The van der Waals surface area contributed by atoms with Gasteiger partial charge in [-0.1, -0.05) is 26.8 Å². The van der Waals surface area contributed by atoms with Gasteiger partial charge >= 0.3 is 0 Å². The number of hydrogen-bond donors (Lipinski definition) is 1. The van der Waals surface area contributed by atoms with Crippen LogP contribution in [0.1, 0.15) is 26.3 Å². The molecule has 3 heteroatoms. The second kappa shape index (κ2) is 3.93. The Hall–Kier alpha value is -1.14. The fourth-order valence-electron chi connectivity index (χ4n) is 1.26.